The van der Waals surface area contributed by atoms with Gasteiger partial charge in [-0.05, 0) is 24.6 Å². The second kappa shape index (κ2) is 5.07. The van der Waals surface area contributed by atoms with E-state index >= 15 is 0 Å². The number of carbonyl (C=O) groups excluding carboxylic acids is 1. The molecule has 112 valence electrons. The van der Waals surface area contributed by atoms with Crippen molar-refractivity contribution in [2.45, 2.75) is 12.5 Å². The number of hydrogen-bond donors (Lipinski definition) is 2. The quantitative estimate of drug-likeness (QED) is 0.888. The van der Waals surface area contributed by atoms with Crippen LogP contribution < -0.4 is 10.1 Å². The van der Waals surface area contributed by atoms with Gasteiger partial charge in [-0.15, -0.1) is 0 Å². The molecule has 3 rings (SSSR count). The molecule has 1 amide bonds. The monoisotopic (exact) mass is 308 g/mol. The maximum atomic E-state index is 12.2. The summed E-state index contributed by atoms with van der Waals surface area (Å²) in [4.78, 5) is 15.2. The molecule has 1 aliphatic rings. The van der Waals surface area contributed by atoms with Crippen LogP contribution in [0.4, 0.5) is 0 Å². The lowest BCUT2D eigenvalue weighted by Crippen LogP contribution is -2.35. The smallest absolute Gasteiger partial charge is 0.267 e. The van der Waals surface area contributed by atoms with Gasteiger partial charge >= 0.3 is 0 Å². The van der Waals surface area contributed by atoms with Crippen molar-refractivity contribution < 1.29 is 17.9 Å². The summed E-state index contributed by atoms with van der Waals surface area (Å²) >= 11 is 0. The Bertz CT molecular complexity index is 794. The maximum absolute atomic E-state index is 12.2. The van der Waals surface area contributed by atoms with Gasteiger partial charge in [0.2, 0.25) is 0 Å². The van der Waals surface area contributed by atoms with Crippen LogP contribution in [0, 0.1) is 0 Å². The molecule has 1 fully saturated rings. The van der Waals surface area contributed by atoms with E-state index in [1.165, 1.54) is 0 Å². The zero-order valence-corrected chi connectivity index (χ0v) is 12.4. The lowest BCUT2D eigenvalue weighted by atomic mass is 10.2. The van der Waals surface area contributed by atoms with Crippen molar-refractivity contribution in [2.75, 3.05) is 18.6 Å². The molecule has 21 heavy (non-hydrogen) atoms. The molecule has 1 saturated heterocycles. The number of benzene rings is 1. The van der Waals surface area contributed by atoms with Crippen molar-refractivity contribution in [1.82, 2.24) is 10.3 Å². The lowest BCUT2D eigenvalue weighted by molar-refractivity contribution is 0.0937. The first-order valence-corrected chi connectivity index (χ1v) is 8.47. The number of aromatic amines is 1. The van der Waals surface area contributed by atoms with Gasteiger partial charge in [0.05, 0.1) is 18.6 Å². The highest BCUT2D eigenvalue weighted by molar-refractivity contribution is 7.91. The normalized spacial score (nSPS) is 20.5. The molecule has 1 aromatic heterocycles. The molecule has 0 spiro atoms. The van der Waals surface area contributed by atoms with Crippen molar-refractivity contribution in [1.29, 1.82) is 0 Å². The molecule has 7 heteroatoms. The largest absolute Gasteiger partial charge is 0.497 e. The van der Waals surface area contributed by atoms with Crippen molar-refractivity contribution in [3.8, 4) is 5.75 Å². The summed E-state index contributed by atoms with van der Waals surface area (Å²) < 4.78 is 27.9. The summed E-state index contributed by atoms with van der Waals surface area (Å²) in [5.74, 6) is 0.583. The third-order valence-corrected chi connectivity index (χ3v) is 5.41. The van der Waals surface area contributed by atoms with E-state index in [0.29, 0.717) is 17.9 Å². The highest BCUT2D eigenvalue weighted by Gasteiger charge is 2.29. The van der Waals surface area contributed by atoms with Crippen molar-refractivity contribution in [3.63, 3.8) is 0 Å². The molecule has 1 atom stereocenters. The number of methoxy groups -OCH3 is 1. The third-order valence-electron chi connectivity index (χ3n) is 3.64. The number of ether oxygens (including phenoxy) is 1. The minimum Gasteiger partial charge on any atom is -0.497 e. The molecule has 1 aromatic carbocycles. The number of rotatable bonds is 3. The molecule has 2 heterocycles. The Kier molecular flexibility index (Phi) is 3.36. The molecule has 2 aromatic rings. The molecule has 0 radical (unpaired) electrons. The Hall–Kier alpha value is -2.02. The fourth-order valence-corrected chi connectivity index (χ4v) is 4.20. The molecule has 1 aliphatic heterocycles. The van der Waals surface area contributed by atoms with Crippen LogP contribution in [0.1, 0.15) is 16.9 Å². The number of carbonyl (C=O) groups is 1. The molecule has 6 nitrogen and oxygen atoms in total. The van der Waals surface area contributed by atoms with Gasteiger partial charge in [0.1, 0.15) is 11.4 Å². The summed E-state index contributed by atoms with van der Waals surface area (Å²) in [5, 5.41) is 3.66. The van der Waals surface area contributed by atoms with Gasteiger partial charge in [-0.2, -0.15) is 0 Å². The summed E-state index contributed by atoms with van der Waals surface area (Å²) in [6, 6.07) is 6.94. The lowest BCUT2D eigenvalue weighted by Gasteiger charge is -2.09. The van der Waals surface area contributed by atoms with Crippen LogP contribution in [0.25, 0.3) is 10.9 Å². The van der Waals surface area contributed by atoms with Gasteiger partial charge in [-0.1, -0.05) is 0 Å². The molecule has 2 N–H and O–H groups in total. The molecule has 0 saturated carbocycles. The second-order valence-corrected chi connectivity index (χ2v) is 7.44. The van der Waals surface area contributed by atoms with Gasteiger partial charge in [0, 0.05) is 23.0 Å². The summed E-state index contributed by atoms with van der Waals surface area (Å²) in [5.41, 5.74) is 1.22. The van der Waals surface area contributed by atoms with E-state index in [-0.39, 0.29) is 23.5 Å². The second-order valence-electron chi connectivity index (χ2n) is 5.21. The van der Waals surface area contributed by atoms with Crippen LogP contribution in [-0.2, 0) is 9.84 Å². The Balaban J connectivity index is 1.78. The predicted octanol–water partition coefficient (Wildman–Crippen LogP) is 1.09. The minimum absolute atomic E-state index is 0.0206. The van der Waals surface area contributed by atoms with E-state index in [1.807, 2.05) is 18.2 Å². The summed E-state index contributed by atoms with van der Waals surface area (Å²) in [7, 11) is -1.42. The van der Waals surface area contributed by atoms with Gasteiger partial charge in [0.15, 0.2) is 9.84 Å². The van der Waals surface area contributed by atoms with Crippen molar-refractivity contribution >= 4 is 26.6 Å². The van der Waals surface area contributed by atoms with Crippen LogP contribution in [-0.4, -0.2) is 44.0 Å². The standard InChI is InChI=1S/C14H16N2O4S/c1-20-11-3-2-9-6-13(16-12(9)7-11)14(17)15-10-4-5-21(18,19)8-10/h2-3,6-7,10,16H,4-5,8H2,1H3,(H,15,17)/t10-/m1/s1. The third kappa shape index (κ3) is 2.87. The highest BCUT2D eigenvalue weighted by atomic mass is 32.2. The van der Waals surface area contributed by atoms with Crippen LogP contribution in [0.5, 0.6) is 5.75 Å². The Morgan fingerprint density at radius 3 is 2.86 bits per heavy atom. The number of fused-ring (bicyclic) bond motifs is 1. The van der Waals surface area contributed by atoms with E-state index in [4.69, 9.17) is 4.74 Å². The Morgan fingerprint density at radius 2 is 2.19 bits per heavy atom. The number of amides is 1. The average Bonchev–Trinajstić information content (AvgIpc) is 3.00. The number of H-pyrrole nitrogens is 1. The highest BCUT2D eigenvalue weighted by Crippen LogP contribution is 2.21. The Labute approximate surface area is 122 Å². The van der Waals surface area contributed by atoms with Crippen LogP contribution >= 0.6 is 0 Å². The van der Waals surface area contributed by atoms with Crippen molar-refractivity contribution in [2.24, 2.45) is 0 Å². The number of nitrogens with one attached hydrogen (secondary N) is 2. The number of sulfone groups is 1. The van der Waals surface area contributed by atoms with E-state index < -0.39 is 9.84 Å². The summed E-state index contributed by atoms with van der Waals surface area (Å²) in [6.07, 6.45) is 0.474. The first-order valence-electron chi connectivity index (χ1n) is 6.65. The van der Waals surface area contributed by atoms with Gasteiger partial charge in [0.25, 0.3) is 5.91 Å². The fraction of sp³-hybridized carbons (Fsp3) is 0.357. The summed E-state index contributed by atoms with van der Waals surface area (Å²) in [6.45, 7) is 0. The molecule has 0 aliphatic carbocycles. The SMILES string of the molecule is COc1ccc2cc(C(=O)N[C@@H]3CCS(=O)(=O)C3)[nH]c2c1. The van der Waals surface area contributed by atoms with E-state index in [9.17, 15) is 13.2 Å². The predicted molar refractivity (Wildman–Crippen MR) is 79.4 cm³/mol. The first-order chi connectivity index (χ1) is 9.97. The van der Waals surface area contributed by atoms with Gasteiger partial charge < -0.3 is 15.0 Å². The molecule has 0 unspecified atom stereocenters. The minimum atomic E-state index is -3.00. The number of aromatic nitrogens is 1. The number of hydrogen-bond acceptors (Lipinski definition) is 4. The zero-order valence-electron chi connectivity index (χ0n) is 11.5. The van der Waals surface area contributed by atoms with Gasteiger partial charge in [-0.25, -0.2) is 8.42 Å². The topological polar surface area (TPSA) is 88.3 Å². The van der Waals surface area contributed by atoms with Crippen molar-refractivity contribution in [3.05, 3.63) is 30.0 Å². The van der Waals surface area contributed by atoms with E-state index in [2.05, 4.69) is 10.3 Å². The molecular formula is C14H16N2O4S. The zero-order chi connectivity index (χ0) is 15.0. The van der Waals surface area contributed by atoms with Crippen LogP contribution in [0.15, 0.2) is 24.3 Å². The maximum Gasteiger partial charge on any atom is 0.267 e. The van der Waals surface area contributed by atoms with Crippen LogP contribution in [0.2, 0.25) is 0 Å². The molecular weight excluding hydrogens is 292 g/mol. The molecule has 0 bridgehead atoms. The van der Waals surface area contributed by atoms with E-state index in [0.717, 1.165) is 10.9 Å². The van der Waals surface area contributed by atoms with Gasteiger partial charge in [-0.3, -0.25) is 4.79 Å². The van der Waals surface area contributed by atoms with Crippen LogP contribution in [0.3, 0.4) is 0 Å². The average molecular weight is 308 g/mol. The Morgan fingerprint density at radius 1 is 1.38 bits per heavy atom. The van der Waals surface area contributed by atoms with E-state index in [1.54, 1.807) is 13.2 Å². The first kappa shape index (κ1) is 13.9. The fourth-order valence-electron chi connectivity index (χ4n) is 2.53.